The van der Waals surface area contributed by atoms with Gasteiger partial charge in [-0.25, -0.2) is 0 Å². The van der Waals surface area contributed by atoms with E-state index >= 15 is 0 Å². The molecule has 1 aliphatic heterocycles. The van der Waals surface area contributed by atoms with Crippen molar-refractivity contribution in [2.75, 3.05) is 25.0 Å². The summed E-state index contributed by atoms with van der Waals surface area (Å²) in [6, 6.07) is 12.5. The lowest BCUT2D eigenvalue weighted by Crippen LogP contribution is -2.30. The Morgan fingerprint density at radius 2 is 1.69 bits per heavy atom. The van der Waals surface area contributed by atoms with E-state index in [9.17, 15) is 18.3 Å². The molecule has 5 nitrogen and oxygen atoms in total. The first-order valence-corrected chi connectivity index (χ1v) is 8.98. The highest BCUT2D eigenvalue weighted by Gasteiger charge is 2.30. The number of anilines is 1. The molecule has 1 fully saturated rings. The molecular weight excluding hydrogens is 405 g/mol. The maximum Gasteiger partial charge on any atom is 0.416 e. The number of nitrogens with zero attached hydrogens (tertiary/aromatic N) is 2. The summed E-state index contributed by atoms with van der Waals surface area (Å²) in [7, 11) is 0. The number of hydrogen-bond donors (Lipinski definition) is 3. The van der Waals surface area contributed by atoms with Gasteiger partial charge in [0.15, 0.2) is 5.82 Å². The van der Waals surface area contributed by atoms with E-state index in [1.807, 2.05) is 24.3 Å². The molecule has 0 amide bonds. The van der Waals surface area contributed by atoms with Crippen molar-refractivity contribution in [1.29, 1.82) is 0 Å². The van der Waals surface area contributed by atoms with Crippen LogP contribution in [0.4, 0.5) is 19.0 Å². The molecule has 1 saturated heterocycles. The molecule has 1 aromatic heterocycles. The van der Waals surface area contributed by atoms with Gasteiger partial charge in [-0.15, -0.1) is 22.6 Å². The van der Waals surface area contributed by atoms with Crippen molar-refractivity contribution in [2.45, 2.75) is 12.2 Å². The fourth-order valence-electron chi connectivity index (χ4n) is 3.51. The van der Waals surface area contributed by atoms with Crippen LogP contribution in [-0.2, 0) is 6.18 Å². The quantitative estimate of drug-likeness (QED) is 0.595. The molecule has 0 saturated carbocycles. The van der Waals surface area contributed by atoms with Gasteiger partial charge in [-0.3, -0.25) is 0 Å². The molecule has 0 aliphatic carbocycles. The van der Waals surface area contributed by atoms with E-state index in [1.165, 1.54) is 12.1 Å². The van der Waals surface area contributed by atoms with Gasteiger partial charge in [-0.2, -0.15) is 13.2 Å². The lowest BCUT2D eigenvalue weighted by Gasteiger charge is -2.19. The Morgan fingerprint density at radius 3 is 2.34 bits per heavy atom. The van der Waals surface area contributed by atoms with Gasteiger partial charge in [0.05, 0.1) is 5.56 Å². The van der Waals surface area contributed by atoms with Crippen molar-refractivity contribution < 1.29 is 18.3 Å². The molecule has 29 heavy (non-hydrogen) atoms. The summed E-state index contributed by atoms with van der Waals surface area (Å²) in [5, 5.41) is 26.3. The maximum atomic E-state index is 12.8. The Labute approximate surface area is 171 Å². The van der Waals surface area contributed by atoms with Gasteiger partial charge < -0.3 is 15.7 Å². The largest absolute Gasteiger partial charge is 0.416 e. The van der Waals surface area contributed by atoms with E-state index in [0.717, 1.165) is 29.4 Å². The Hall–Kier alpha value is -2.42. The third kappa shape index (κ3) is 4.29. The minimum absolute atomic E-state index is 0. The zero-order valence-electron chi connectivity index (χ0n) is 15.3. The highest BCUT2D eigenvalue weighted by molar-refractivity contribution is 6.00. The van der Waals surface area contributed by atoms with Gasteiger partial charge in [0.2, 0.25) is 0 Å². The summed E-state index contributed by atoms with van der Waals surface area (Å²) in [5.74, 6) is 0.675. The number of alkyl halides is 3. The first kappa shape index (κ1) is 21.3. The van der Waals surface area contributed by atoms with Crippen LogP contribution in [0.1, 0.15) is 5.56 Å². The molecule has 0 bridgehead atoms. The Bertz CT molecular complexity index is 982. The molecule has 2 aromatic carbocycles. The molecule has 0 spiro atoms. The number of benzene rings is 2. The van der Waals surface area contributed by atoms with Crippen LogP contribution in [0, 0.1) is 5.92 Å². The number of halogens is 4. The molecule has 9 heteroatoms. The van der Waals surface area contributed by atoms with Gasteiger partial charge in [0, 0.05) is 48.0 Å². The third-order valence-electron chi connectivity index (χ3n) is 5.07. The SMILES string of the molecule is Cl.OC[C@@H]1CNC[C@H]1Nc1nnc(-c2ccc(C(F)(F)F)cc2)c2ccccc12. The highest BCUT2D eigenvalue weighted by atomic mass is 35.5. The van der Waals surface area contributed by atoms with Gasteiger partial charge in [-0.1, -0.05) is 36.4 Å². The van der Waals surface area contributed by atoms with Crippen LogP contribution < -0.4 is 10.6 Å². The van der Waals surface area contributed by atoms with Crippen molar-refractivity contribution in [3.8, 4) is 11.3 Å². The lowest BCUT2D eigenvalue weighted by atomic mass is 10.0. The Morgan fingerprint density at radius 1 is 1.00 bits per heavy atom. The van der Waals surface area contributed by atoms with Crippen LogP contribution in [0.5, 0.6) is 0 Å². The summed E-state index contributed by atoms with van der Waals surface area (Å²) in [4.78, 5) is 0. The van der Waals surface area contributed by atoms with Crippen molar-refractivity contribution in [1.82, 2.24) is 15.5 Å². The topological polar surface area (TPSA) is 70.1 Å². The second-order valence-corrected chi connectivity index (χ2v) is 6.87. The molecule has 3 aromatic rings. The molecule has 3 N–H and O–H groups in total. The second kappa shape index (κ2) is 8.52. The molecule has 4 rings (SSSR count). The van der Waals surface area contributed by atoms with Crippen molar-refractivity contribution in [3.63, 3.8) is 0 Å². The summed E-state index contributed by atoms with van der Waals surface area (Å²) >= 11 is 0. The van der Waals surface area contributed by atoms with Gasteiger partial charge in [0.1, 0.15) is 5.69 Å². The molecule has 154 valence electrons. The smallest absolute Gasteiger partial charge is 0.396 e. The van der Waals surface area contributed by atoms with E-state index in [0.29, 0.717) is 23.6 Å². The number of nitrogens with one attached hydrogen (secondary N) is 2. The standard InChI is InChI=1S/C20H19F3N4O.ClH/c21-20(22,23)14-7-5-12(6-8-14)18-15-3-1-2-4-16(15)19(27-26-18)25-17-10-24-9-13(17)11-28;/h1-8,13,17,24,28H,9-11H2,(H,25,27);1H/t13-,17+;/m0./s1. The van der Waals surface area contributed by atoms with Crippen LogP contribution in [0.3, 0.4) is 0 Å². The zero-order valence-corrected chi connectivity index (χ0v) is 16.1. The summed E-state index contributed by atoms with van der Waals surface area (Å²) in [6.45, 7) is 1.50. The number of rotatable bonds is 4. The predicted molar refractivity (Wildman–Crippen MR) is 108 cm³/mol. The average Bonchev–Trinajstić information content (AvgIpc) is 3.15. The molecule has 0 radical (unpaired) electrons. The average molecular weight is 425 g/mol. The van der Waals surface area contributed by atoms with Crippen LogP contribution in [-0.4, -0.2) is 41.0 Å². The van der Waals surface area contributed by atoms with Crippen LogP contribution in [0.25, 0.3) is 22.0 Å². The Balaban J connectivity index is 0.00000240. The van der Waals surface area contributed by atoms with E-state index in [2.05, 4.69) is 20.8 Å². The summed E-state index contributed by atoms with van der Waals surface area (Å²) in [6.07, 6.45) is -4.38. The van der Waals surface area contributed by atoms with E-state index in [1.54, 1.807) is 0 Å². The lowest BCUT2D eigenvalue weighted by molar-refractivity contribution is -0.137. The van der Waals surface area contributed by atoms with Crippen LogP contribution in [0.15, 0.2) is 48.5 Å². The van der Waals surface area contributed by atoms with Gasteiger partial charge in [0.25, 0.3) is 0 Å². The second-order valence-electron chi connectivity index (χ2n) is 6.87. The summed E-state index contributed by atoms with van der Waals surface area (Å²) < 4.78 is 38.5. The number of aliphatic hydroxyl groups is 1. The Kier molecular flexibility index (Phi) is 6.26. The van der Waals surface area contributed by atoms with E-state index < -0.39 is 11.7 Å². The first-order valence-electron chi connectivity index (χ1n) is 8.98. The van der Waals surface area contributed by atoms with Gasteiger partial charge >= 0.3 is 6.18 Å². The van der Waals surface area contributed by atoms with Crippen molar-refractivity contribution >= 4 is 29.0 Å². The molecule has 1 aliphatic rings. The highest BCUT2D eigenvalue weighted by Crippen LogP contribution is 2.33. The predicted octanol–water partition coefficient (Wildman–Crippen LogP) is 3.73. The fraction of sp³-hybridized carbons (Fsp3) is 0.300. The number of fused-ring (bicyclic) bond motifs is 1. The fourth-order valence-corrected chi connectivity index (χ4v) is 3.51. The van der Waals surface area contributed by atoms with Crippen molar-refractivity contribution in [2.24, 2.45) is 5.92 Å². The molecule has 2 heterocycles. The molecule has 0 unspecified atom stereocenters. The van der Waals surface area contributed by atoms with Gasteiger partial charge in [-0.05, 0) is 12.1 Å². The number of hydrogen-bond acceptors (Lipinski definition) is 5. The minimum atomic E-state index is -4.38. The van der Waals surface area contributed by atoms with Crippen LogP contribution in [0.2, 0.25) is 0 Å². The van der Waals surface area contributed by atoms with Crippen LogP contribution >= 0.6 is 12.4 Å². The number of aromatic nitrogens is 2. The first-order chi connectivity index (χ1) is 13.5. The third-order valence-corrected chi connectivity index (χ3v) is 5.07. The van der Waals surface area contributed by atoms with Crippen molar-refractivity contribution in [3.05, 3.63) is 54.1 Å². The molecular formula is C20H20ClF3N4O. The number of aliphatic hydroxyl groups excluding tert-OH is 1. The maximum absolute atomic E-state index is 12.8. The van der Waals surface area contributed by atoms with E-state index in [-0.39, 0.29) is 31.0 Å². The molecule has 2 atom stereocenters. The summed E-state index contributed by atoms with van der Waals surface area (Å²) in [5.41, 5.74) is 0.396. The zero-order chi connectivity index (χ0) is 19.7. The minimum Gasteiger partial charge on any atom is -0.396 e. The monoisotopic (exact) mass is 424 g/mol. The normalized spacial score (nSPS) is 19.2. The van der Waals surface area contributed by atoms with E-state index in [4.69, 9.17) is 0 Å².